The fraction of sp³-hybridized carbons (Fsp3) is 0.385. The van der Waals surface area contributed by atoms with Crippen LogP contribution in [0.1, 0.15) is 22.8 Å². The van der Waals surface area contributed by atoms with Gasteiger partial charge in [-0.15, -0.1) is 0 Å². The Morgan fingerprint density at radius 2 is 2.06 bits per heavy atom. The Morgan fingerprint density at radius 1 is 1.33 bits per heavy atom. The van der Waals surface area contributed by atoms with Crippen LogP contribution in [0.25, 0.3) is 0 Å². The topological polar surface area (TPSA) is 52.6 Å². The molecule has 0 spiro atoms. The van der Waals surface area contributed by atoms with Gasteiger partial charge < -0.3 is 9.47 Å². The molecule has 0 aliphatic carbocycles. The monoisotopic (exact) mass is 314 g/mol. The molecule has 98 valence electrons. The van der Waals surface area contributed by atoms with Crippen LogP contribution in [0.4, 0.5) is 0 Å². The van der Waals surface area contributed by atoms with E-state index in [1.165, 1.54) is 6.92 Å². The highest BCUT2D eigenvalue weighted by Gasteiger charge is 2.09. The molecule has 0 N–H and O–H groups in total. The number of benzene rings is 1. The van der Waals surface area contributed by atoms with Crippen LogP contribution in [0, 0.1) is 0 Å². The number of carbonyl (C=O) groups excluding carboxylic acids is 2. The van der Waals surface area contributed by atoms with Crippen molar-refractivity contribution in [2.24, 2.45) is 0 Å². The Hall–Kier alpha value is -1.36. The van der Waals surface area contributed by atoms with Gasteiger partial charge in [-0.1, -0.05) is 15.9 Å². The molecule has 5 heteroatoms. The molecular formula is C13H15BrO4. The minimum atomic E-state index is -0.318. The molecule has 0 radical (unpaired) electrons. The lowest BCUT2D eigenvalue weighted by molar-refractivity contribution is -0.140. The minimum absolute atomic E-state index is 0.00592. The van der Waals surface area contributed by atoms with E-state index in [1.54, 1.807) is 25.3 Å². The Bertz CT molecular complexity index is 443. The Labute approximate surface area is 114 Å². The zero-order valence-electron chi connectivity index (χ0n) is 10.4. The Kier molecular flexibility index (Phi) is 5.85. The van der Waals surface area contributed by atoms with Crippen molar-refractivity contribution in [3.8, 4) is 5.75 Å². The van der Waals surface area contributed by atoms with Gasteiger partial charge in [0.25, 0.3) is 0 Å². The molecule has 0 atom stereocenters. The summed E-state index contributed by atoms with van der Waals surface area (Å²) >= 11 is 3.13. The number of hydrogen-bond acceptors (Lipinski definition) is 4. The van der Waals surface area contributed by atoms with Crippen LogP contribution in [0.5, 0.6) is 5.75 Å². The van der Waals surface area contributed by atoms with Crippen molar-refractivity contribution in [1.29, 1.82) is 0 Å². The molecule has 4 nitrogen and oxygen atoms in total. The maximum Gasteiger partial charge on any atom is 0.302 e. The number of esters is 1. The molecule has 0 bridgehead atoms. The smallest absolute Gasteiger partial charge is 0.302 e. The van der Waals surface area contributed by atoms with Crippen molar-refractivity contribution >= 4 is 27.7 Å². The normalized spacial score (nSPS) is 9.94. The Morgan fingerprint density at radius 3 is 2.61 bits per heavy atom. The number of hydrogen-bond donors (Lipinski definition) is 0. The van der Waals surface area contributed by atoms with Crippen LogP contribution in [-0.2, 0) is 16.0 Å². The van der Waals surface area contributed by atoms with E-state index in [4.69, 9.17) is 9.47 Å². The van der Waals surface area contributed by atoms with Gasteiger partial charge in [0.05, 0.1) is 19.0 Å². The molecule has 1 aromatic carbocycles. The van der Waals surface area contributed by atoms with Gasteiger partial charge >= 0.3 is 5.97 Å². The van der Waals surface area contributed by atoms with E-state index < -0.39 is 0 Å². The average Bonchev–Trinajstić information content (AvgIpc) is 2.37. The second-order valence-corrected chi connectivity index (χ2v) is 4.23. The first-order valence-corrected chi connectivity index (χ1v) is 6.60. The standard InChI is InChI=1S/C13H15BrO4/c1-9(15)18-6-5-11-7-10(12(16)8-14)3-4-13(11)17-2/h3-4,7H,5-6,8H2,1-2H3. The van der Waals surface area contributed by atoms with E-state index in [0.29, 0.717) is 17.7 Å². The fourth-order valence-electron chi connectivity index (χ4n) is 1.53. The summed E-state index contributed by atoms with van der Waals surface area (Å²) in [6.45, 7) is 1.64. The van der Waals surface area contributed by atoms with Gasteiger partial charge in [0, 0.05) is 18.9 Å². The van der Waals surface area contributed by atoms with Crippen LogP contribution < -0.4 is 4.74 Å². The summed E-state index contributed by atoms with van der Waals surface area (Å²) in [5.41, 5.74) is 1.47. The molecule has 0 saturated heterocycles. The molecule has 1 rings (SSSR count). The first kappa shape index (κ1) is 14.7. The van der Waals surface area contributed by atoms with Gasteiger partial charge in [-0.25, -0.2) is 0 Å². The molecule has 0 amide bonds. The number of methoxy groups -OCH3 is 1. The minimum Gasteiger partial charge on any atom is -0.496 e. The lowest BCUT2D eigenvalue weighted by Gasteiger charge is -2.10. The molecule has 0 saturated carbocycles. The van der Waals surface area contributed by atoms with E-state index in [1.807, 2.05) is 0 Å². The number of carbonyl (C=O) groups is 2. The summed E-state index contributed by atoms with van der Waals surface area (Å²) in [6.07, 6.45) is 0.520. The van der Waals surface area contributed by atoms with Gasteiger partial charge in [0.2, 0.25) is 0 Å². The predicted molar refractivity (Wildman–Crippen MR) is 71.5 cm³/mol. The number of ketones is 1. The van der Waals surface area contributed by atoms with Crippen LogP contribution >= 0.6 is 15.9 Å². The lowest BCUT2D eigenvalue weighted by Crippen LogP contribution is -2.06. The van der Waals surface area contributed by atoms with Crippen molar-refractivity contribution in [3.05, 3.63) is 29.3 Å². The van der Waals surface area contributed by atoms with E-state index >= 15 is 0 Å². The fourth-order valence-corrected chi connectivity index (χ4v) is 1.85. The van der Waals surface area contributed by atoms with Crippen molar-refractivity contribution in [2.45, 2.75) is 13.3 Å². The molecule has 0 aromatic heterocycles. The largest absolute Gasteiger partial charge is 0.496 e. The highest BCUT2D eigenvalue weighted by atomic mass is 79.9. The third-order valence-electron chi connectivity index (χ3n) is 2.40. The van der Waals surface area contributed by atoms with Crippen LogP contribution in [0.3, 0.4) is 0 Å². The van der Waals surface area contributed by atoms with Crippen LogP contribution in [0.2, 0.25) is 0 Å². The van der Waals surface area contributed by atoms with Crippen molar-refractivity contribution in [1.82, 2.24) is 0 Å². The quantitative estimate of drug-likeness (QED) is 0.459. The number of ether oxygens (including phenoxy) is 2. The maximum atomic E-state index is 11.6. The summed E-state index contributed by atoms with van der Waals surface area (Å²) < 4.78 is 10.1. The number of rotatable bonds is 6. The molecule has 1 aromatic rings. The third kappa shape index (κ3) is 4.14. The molecular weight excluding hydrogens is 300 g/mol. The van der Waals surface area contributed by atoms with Gasteiger partial charge in [-0.3, -0.25) is 9.59 Å². The number of alkyl halides is 1. The molecule has 0 heterocycles. The number of Topliss-reactive ketones (excluding diaryl/α,β-unsaturated/α-hetero) is 1. The summed E-state index contributed by atoms with van der Waals surface area (Å²) in [5.74, 6) is 0.376. The lowest BCUT2D eigenvalue weighted by atomic mass is 10.0. The van der Waals surface area contributed by atoms with Crippen molar-refractivity contribution in [3.63, 3.8) is 0 Å². The Balaban J connectivity index is 2.85. The summed E-state index contributed by atoms with van der Waals surface area (Å²) in [7, 11) is 1.57. The van der Waals surface area contributed by atoms with Gasteiger partial charge in [0.1, 0.15) is 5.75 Å². The maximum absolute atomic E-state index is 11.6. The highest BCUT2D eigenvalue weighted by Crippen LogP contribution is 2.21. The zero-order chi connectivity index (χ0) is 13.5. The number of halogens is 1. The average molecular weight is 315 g/mol. The third-order valence-corrected chi connectivity index (χ3v) is 2.91. The zero-order valence-corrected chi connectivity index (χ0v) is 12.0. The second-order valence-electron chi connectivity index (χ2n) is 3.67. The van der Waals surface area contributed by atoms with Crippen LogP contribution in [0.15, 0.2) is 18.2 Å². The first-order valence-electron chi connectivity index (χ1n) is 5.48. The van der Waals surface area contributed by atoms with Crippen molar-refractivity contribution in [2.75, 3.05) is 19.0 Å². The van der Waals surface area contributed by atoms with Crippen molar-refractivity contribution < 1.29 is 19.1 Å². The summed E-state index contributed by atoms with van der Waals surface area (Å²) in [6, 6.07) is 5.24. The molecule has 18 heavy (non-hydrogen) atoms. The SMILES string of the molecule is COc1ccc(C(=O)CBr)cc1CCOC(C)=O. The van der Waals surface area contributed by atoms with Crippen LogP contribution in [-0.4, -0.2) is 30.8 Å². The highest BCUT2D eigenvalue weighted by molar-refractivity contribution is 9.09. The van der Waals surface area contributed by atoms with E-state index in [2.05, 4.69) is 15.9 Å². The molecule has 0 aliphatic heterocycles. The van der Waals surface area contributed by atoms with Gasteiger partial charge in [-0.05, 0) is 23.8 Å². The predicted octanol–water partition coefficient (Wildman–Crippen LogP) is 2.38. The first-order chi connectivity index (χ1) is 8.58. The molecule has 0 unspecified atom stereocenters. The van der Waals surface area contributed by atoms with E-state index in [-0.39, 0.29) is 23.7 Å². The van der Waals surface area contributed by atoms with E-state index in [9.17, 15) is 9.59 Å². The molecule has 0 aliphatic rings. The summed E-state index contributed by atoms with van der Waals surface area (Å²) in [4.78, 5) is 22.3. The van der Waals surface area contributed by atoms with E-state index in [0.717, 1.165) is 5.56 Å². The molecule has 0 fully saturated rings. The second kappa shape index (κ2) is 7.16. The summed E-state index contributed by atoms with van der Waals surface area (Å²) in [5, 5.41) is 0.280. The van der Waals surface area contributed by atoms with Gasteiger partial charge in [0.15, 0.2) is 5.78 Å². The van der Waals surface area contributed by atoms with Gasteiger partial charge in [-0.2, -0.15) is 0 Å².